The Morgan fingerprint density at radius 2 is 2.47 bits per heavy atom. The normalized spacial score (nSPS) is 18.4. The number of esters is 1. The van der Waals surface area contributed by atoms with Crippen molar-refractivity contribution in [1.82, 2.24) is 9.88 Å². The predicted molar refractivity (Wildman–Crippen MR) is 72.3 cm³/mol. The summed E-state index contributed by atoms with van der Waals surface area (Å²) in [6.45, 7) is 6.48. The van der Waals surface area contributed by atoms with E-state index in [1.165, 1.54) is 0 Å². The molecule has 1 aromatic rings. The smallest absolute Gasteiger partial charge is 0.367 e. The molecule has 1 fully saturated rings. The summed E-state index contributed by atoms with van der Waals surface area (Å²) in [6.07, 6.45) is 3.69. The summed E-state index contributed by atoms with van der Waals surface area (Å²) in [5.74, 6) is -0.623. The maximum absolute atomic E-state index is 12.3. The van der Waals surface area contributed by atoms with Crippen LogP contribution in [0.4, 0.5) is 0 Å². The first-order valence-electron chi connectivity index (χ1n) is 6.23. The predicted octanol–water partition coefficient (Wildman–Crippen LogP) is 2.11. The lowest BCUT2D eigenvalue weighted by Gasteiger charge is -2.20. The Morgan fingerprint density at radius 3 is 3.16 bits per heavy atom. The Kier molecular flexibility index (Phi) is 4.31. The number of ether oxygens (including phenoxy) is 1. The van der Waals surface area contributed by atoms with Gasteiger partial charge in [-0.25, -0.2) is 9.78 Å². The molecular weight excluding hydrogens is 264 g/mol. The molecule has 1 saturated heterocycles. The van der Waals surface area contributed by atoms with E-state index in [1.54, 1.807) is 23.3 Å². The highest BCUT2D eigenvalue weighted by molar-refractivity contribution is 7.11. The number of hydrogen-bond donors (Lipinski definition) is 0. The molecule has 0 bridgehead atoms. The summed E-state index contributed by atoms with van der Waals surface area (Å²) in [7, 11) is 0. The summed E-state index contributed by atoms with van der Waals surface area (Å²) in [4.78, 5) is 29.6. The quantitative estimate of drug-likeness (QED) is 0.626. The number of rotatable bonds is 4. The molecule has 0 aliphatic carbocycles. The summed E-state index contributed by atoms with van der Waals surface area (Å²) >= 11 is 1.13. The van der Waals surface area contributed by atoms with Crippen molar-refractivity contribution >= 4 is 23.2 Å². The van der Waals surface area contributed by atoms with Crippen LogP contribution in [-0.2, 0) is 4.74 Å². The first-order chi connectivity index (χ1) is 9.17. The van der Waals surface area contributed by atoms with E-state index in [1.807, 2.05) is 0 Å². The van der Waals surface area contributed by atoms with E-state index in [9.17, 15) is 9.59 Å². The van der Waals surface area contributed by atoms with Crippen LogP contribution in [-0.4, -0.2) is 41.0 Å². The third-order valence-electron chi connectivity index (χ3n) is 3.01. The molecule has 0 spiro atoms. The van der Waals surface area contributed by atoms with Crippen molar-refractivity contribution < 1.29 is 14.3 Å². The maximum atomic E-state index is 12.3. The molecule has 1 aromatic heterocycles. The highest BCUT2D eigenvalue weighted by Crippen LogP contribution is 2.21. The van der Waals surface area contributed by atoms with Crippen molar-refractivity contribution in [2.24, 2.45) is 0 Å². The van der Waals surface area contributed by atoms with Gasteiger partial charge in [0.2, 0.25) is 5.01 Å². The van der Waals surface area contributed by atoms with Gasteiger partial charge in [0.05, 0.1) is 12.6 Å². The number of amides is 1. The zero-order valence-corrected chi connectivity index (χ0v) is 11.6. The van der Waals surface area contributed by atoms with Gasteiger partial charge in [0.15, 0.2) is 0 Å². The first-order valence-corrected chi connectivity index (χ1v) is 7.11. The number of carbonyl (C=O) groups is 2. The summed E-state index contributed by atoms with van der Waals surface area (Å²) in [5.41, 5.74) is 0.307. The van der Waals surface area contributed by atoms with Crippen LogP contribution in [0, 0.1) is 0 Å². The summed E-state index contributed by atoms with van der Waals surface area (Å²) in [5, 5.41) is 1.83. The topological polar surface area (TPSA) is 59.5 Å². The summed E-state index contributed by atoms with van der Waals surface area (Å²) < 4.78 is 4.86. The third kappa shape index (κ3) is 2.84. The van der Waals surface area contributed by atoms with Gasteiger partial charge in [-0.15, -0.1) is 17.9 Å². The zero-order chi connectivity index (χ0) is 13.8. The molecule has 2 heterocycles. The molecule has 2 rings (SSSR count). The average Bonchev–Trinajstić information content (AvgIpc) is 3.07. The van der Waals surface area contributed by atoms with Gasteiger partial charge in [0.25, 0.3) is 5.91 Å². The second-order valence-electron chi connectivity index (χ2n) is 4.20. The second-order valence-corrected chi connectivity index (χ2v) is 5.06. The van der Waals surface area contributed by atoms with E-state index < -0.39 is 5.97 Å². The number of hydrogen-bond acceptors (Lipinski definition) is 5. The van der Waals surface area contributed by atoms with Gasteiger partial charge in [-0.3, -0.25) is 4.79 Å². The van der Waals surface area contributed by atoms with E-state index in [4.69, 9.17) is 4.74 Å². The van der Waals surface area contributed by atoms with E-state index in [0.29, 0.717) is 18.8 Å². The van der Waals surface area contributed by atoms with Crippen LogP contribution in [0.3, 0.4) is 0 Å². The number of thiazole rings is 1. The SMILES string of the molecule is C=C[C@H]1CCCN1C(=O)c1csc(C(=O)OCC)n1. The van der Waals surface area contributed by atoms with E-state index >= 15 is 0 Å². The molecule has 0 radical (unpaired) electrons. The summed E-state index contributed by atoms with van der Waals surface area (Å²) in [6, 6.07) is 0.0697. The minimum atomic E-state index is -0.478. The molecule has 6 heteroatoms. The number of aromatic nitrogens is 1. The monoisotopic (exact) mass is 280 g/mol. The highest BCUT2D eigenvalue weighted by atomic mass is 32.1. The van der Waals surface area contributed by atoms with Gasteiger partial charge in [-0.05, 0) is 19.8 Å². The maximum Gasteiger partial charge on any atom is 0.367 e. The molecule has 0 unspecified atom stereocenters. The Hall–Kier alpha value is -1.69. The zero-order valence-electron chi connectivity index (χ0n) is 10.8. The van der Waals surface area contributed by atoms with E-state index in [-0.39, 0.29) is 17.0 Å². The van der Waals surface area contributed by atoms with Crippen LogP contribution in [0.25, 0.3) is 0 Å². The minimum absolute atomic E-state index is 0.0697. The van der Waals surface area contributed by atoms with Gasteiger partial charge < -0.3 is 9.64 Å². The minimum Gasteiger partial charge on any atom is -0.461 e. The van der Waals surface area contributed by atoms with Gasteiger partial charge in [0.1, 0.15) is 5.69 Å². The number of nitrogens with zero attached hydrogens (tertiary/aromatic N) is 2. The molecule has 1 aliphatic rings. The lowest BCUT2D eigenvalue weighted by atomic mass is 10.2. The molecule has 5 nitrogen and oxygen atoms in total. The Morgan fingerprint density at radius 1 is 1.68 bits per heavy atom. The highest BCUT2D eigenvalue weighted by Gasteiger charge is 2.29. The van der Waals surface area contributed by atoms with Crippen molar-refractivity contribution in [3.63, 3.8) is 0 Å². The molecule has 0 saturated carbocycles. The fraction of sp³-hybridized carbons (Fsp3) is 0.462. The van der Waals surface area contributed by atoms with Crippen LogP contribution >= 0.6 is 11.3 Å². The molecule has 19 heavy (non-hydrogen) atoms. The molecule has 1 aliphatic heterocycles. The van der Waals surface area contributed by atoms with Gasteiger partial charge in [0, 0.05) is 11.9 Å². The van der Waals surface area contributed by atoms with Crippen molar-refractivity contribution in [1.29, 1.82) is 0 Å². The second kappa shape index (κ2) is 5.97. The van der Waals surface area contributed by atoms with Crippen LogP contribution in [0.1, 0.15) is 40.1 Å². The van der Waals surface area contributed by atoms with E-state index in [2.05, 4.69) is 11.6 Å². The van der Waals surface area contributed by atoms with Crippen molar-refractivity contribution in [2.75, 3.05) is 13.2 Å². The van der Waals surface area contributed by atoms with Crippen LogP contribution in [0.15, 0.2) is 18.0 Å². The van der Waals surface area contributed by atoms with Crippen LogP contribution in [0.2, 0.25) is 0 Å². The van der Waals surface area contributed by atoms with Crippen LogP contribution in [0.5, 0.6) is 0 Å². The standard InChI is InChI=1S/C13H16N2O3S/c1-3-9-6-5-7-15(9)12(16)10-8-19-11(14-10)13(17)18-4-2/h3,8-9H,1,4-7H2,2H3/t9-/m0/s1. The van der Waals surface area contributed by atoms with Crippen molar-refractivity contribution in [3.8, 4) is 0 Å². The van der Waals surface area contributed by atoms with Gasteiger partial charge >= 0.3 is 5.97 Å². The molecule has 102 valence electrons. The Labute approximate surface area is 115 Å². The largest absolute Gasteiger partial charge is 0.461 e. The fourth-order valence-electron chi connectivity index (χ4n) is 2.10. The van der Waals surface area contributed by atoms with E-state index in [0.717, 1.165) is 24.2 Å². The molecule has 0 N–H and O–H groups in total. The average molecular weight is 280 g/mol. The lowest BCUT2D eigenvalue weighted by molar-refractivity contribution is 0.0526. The lowest BCUT2D eigenvalue weighted by Crippen LogP contribution is -2.34. The first kappa shape index (κ1) is 13.7. The van der Waals surface area contributed by atoms with Crippen LogP contribution < -0.4 is 0 Å². The fourth-order valence-corrected chi connectivity index (χ4v) is 2.78. The van der Waals surface area contributed by atoms with Crippen molar-refractivity contribution in [2.45, 2.75) is 25.8 Å². The third-order valence-corrected chi connectivity index (χ3v) is 3.83. The number of likely N-dealkylation sites (tertiary alicyclic amines) is 1. The number of carbonyl (C=O) groups excluding carboxylic acids is 2. The Balaban J connectivity index is 2.12. The molecule has 0 aromatic carbocycles. The van der Waals surface area contributed by atoms with Gasteiger partial charge in [-0.1, -0.05) is 6.08 Å². The molecular formula is C13H16N2O3S. The van der Waals surface area contributed by atoms with Crippen molar-refractivity contribution in [3.05, 3.63) is 28.7 Å². The molecule has 1 amide bonds. The Bertz CT molecular complexity index is 498. The molecule has 1 atom stereocenters. The van der Waals surface area contributed by atoms with Gasteiger partial charge in [-0.2, -0.15) is 0 Å².